The number of carbonyl (C=O) groups excluding carboxylic acids is 1. The zero-order valence-corrected chi connectivity index (χ0v) is 12.1. The van der Waals surface area contributed by atoms with Crippen LogP contribution < -0.4 is 0 Å². The van der Waals surface area contributed by atoms with Crippen LogP contribution >= 0.6 is 0 Å². The predicted molar refractivity (Wildman–Crippen MR) is 79.0 cm³/mol. The molecule has 0 spiro atoms. The molecule has 0 aliphatic carbocycles. The maximum atomic E-state index is 11.9. The predicted octanol–water partition coefficient (Wildman–Crippen LogP) is 2.56. The van der Waals surface area contributed by atoms with Crippen LogP contribution in [0.3, 0.4) is 0 Å². The van der Waals surface area contributed by atoms with Crippen molar-refractivity contribution in [2.24, 2.45) is 0 Å². The highest BCUT2D eigenvalue weighted by Crippen LogP contribution is 2.41. The van der Waals surface area contributed by atoms with Crippen molar-refractivity contribution in [3.63, 3.8) is 0 Å². The molecule has 20 heavy (non-hydrogen) atoms. The minimum atomic E-state index is -0.578. The lowest BCUT2D eigenvalue weighted by Crippen LogP contribution is -2.43. The number of esters is 1. The van der Waals surface area contributed by atoms with Crippen molar-refractivity contribution in [1.82, 2.24) is 4.90 Å². The Morgan fingerprint density at radius 2 is 2.20 bits per heavy atom. The molecule has 0 saturated carbocycles. The number of benzene rings is 1. The molecular formula is C17H21NO2. The fraction of sp³-hybridized carbons (Fsp3) is 0.471. The van der Waals surface area contributed by atoms with E-state index in [4.69, 9.17) is 11.2 Å². The Hall–Kier alpha value is -1.79. The van der Waals surface area contributed by atoms with Crippen molar-refractivity contribution in [2.75, 3.05) is 13.1 Å². The van der Waals surface area contributed by atoms with Crippen LogP contribution in [0.15, 0.2) is 30.3 Å². The zero-order valence-electron chi connectivity index (χ0n) is 12.1. The van der Waals surface area contributed by atoms with E-state index in [1.54, 1.807) is 0 Å². The number of hydrogen-bond acceptors (Lipinski definition) is 3. The molecule has 2 unspecified atom stereocenters. The standard InChI is InChI=1S/C17H21NO2/c1-4-12-18-13-11-17(14(18)3,20-16(19)5-2)15-9-7-6-8-10-15/h1,6-10,14H,5,11-13H2,2-3H3. The van der Waals surface area contributed by atoms with Gasteiger partial charge in [0.25, 0.3) is 0 Å². The van der Waals surface area contributed by atoms with Gasteiger partial charge in [-0.25, -0.2) is 0 Å². The summed E-state index contributed by atoms with van der Waals surface area (Å²) in [6.07, 6.45) is 6.59. The lowest BCUT2D eigenvalue weighted by Gasteiger charge is -2.35. The largest absolute Gasteiger partial charge is 0.452 e. The van der Waals surface area contributed by atoms with Crippen LogP contribution in [0.2, 0.25) is 0 Å². The Morgan fingerprint density at radius 3 is 2.80 bits per heavy atom. The third kappa shape index (κ3) is 2.57. The number of carbonyl (C=O) groups is 1. The maximum Gasteiger partial charge on any atom is 0.306 e. The first-order chi connectivity index (χ1) is 9.64. The van der Waals surface area contributed by atoms with E-state index in [9.17, 15) is 4.79 Å². The summed E-state index contributed by atoms with van der Waals surface area (Å²) in [6, 6.07) is 10.1. The SMILES string of the molecule is C#CCN1CCC(OC(=O)CC)(c2ccccc2)C1C. The van der Waals surface area contributed by atoms with Gasteiger partial charge in [0.15, 0.2) is 5.60 Å². The minimum Gasteiger partial charge on any atom is -0.452 e. The first-order valence-electron chi connectivity index (χ1n) is 7.09. The summed E-state index contributed by atoms with van der Waals surface area (Å²) >= 11 is 0. The van der Waals surface area contributed by atoms with E-state index in [0.29, 0.717) is 13.0 Å². The van der Waals surface area contributed by atoms with Crippen LogP contribution in [-0.4, -0.2) is 30.0 Å². The lowest BCUT2D eigenvalue weighted by atomic mass is 9.87. The monoisotopic (exact) mass is 271 g/mol. The molecule has 0 N–H and O–H groups in total. The number of rotatable bonds is 4. The van der Waals surface area contributed by atoms with Gasteiger partial charge in [-0.2, -0.15) is 0 Å². The van der Waals surface area contributed by atoms with E-state index in [-0.39, 0.29) is 12.0 Å². The van der Waals surface area contributed by atoms with Gasteiger partial charge in [-0.05, 0) is 12.5 Å². The molecule has 1 aromatic carbocycles. The highest BCUT2D eigenvalue weighted by molar-refractivity contribution is 5.70. The van der Waals surface area contributed by atoms with Gasteiger partial charge in [0.05, 0.1) is 12.6 Å². The number of nitrogens with zero attached hydrogens (tertiary/aromatic N) is 1. The van der Waals surface area contributed by atoms with Gasteiger partial charge in [0.2, 0.25) is 0 Å². The molecule has 3 nitrogen and oxygen atoms in total. The normalized spacial score (nSPS) is 26.1. The topological polar surface area (TPSA) is 29.5 Å². The van der Waals surface area contributed by atoms with Crippen molar-refractivity contribution in [3.05, 3.63) is 35.9 Å². The quantitative estimate of drug-likeness (QED) is 0.622. The Bertz CT molecular complexity index is 505. The number of ether oxygens (including phenoxy) is 1. The molecule has 1 saturated heterocycles. The second-order valence-electron chi connectivity index (χ2n) is 5.18. The highest BCUT2D eigenvalue weighted by atomic mass is 16.6. The molecule has 1 aromatic rings. The van der Waals surface area contributed by atoms with Gasteiger partial charge in [0.1, 0.15) is 0 Å². The molecule has 1 aliphatic heterocycles. The summed E-state index contributed by atoms with van der Waals surface area (Å²) in [7, 11) is 0. The highest BCUT2D eigenvalue weighted by Gasteiger charge is 2.48. The molecule has 2 rings (SSSR count). The summed E-state index contributed by atoms with van der Waals surface area (Å²) in [5, 5.41) is 0. The van der Waals surface area contributed by atoms with Crippen LogP contribution in [0.1, 0.15) is 32.3 Å². The van der Waals surface area contributed by atoms with Crippen molar-refractivity contribution in [2.45, 2.75) is 38.3 Å². The molecule has 0 amide bonds. The molecule has 0 aromatic heterocycles. The third-order valence-corrected chi connectivity index (χ3v) is 4.13. The fourth-order valence-electron chi connectivity index (χ4n) is 2.92. The molecule has 1 heterocycles. The molecule has 1 aliphatic rings. The second-order valence-corrected chi connectivity index (χ2v) is 5.18. The second kappa shape index (κ2) is 6.11. The average molecular weight is 271 g/mol. The van der Waals surface area contributed by atoms with Crippen LogP contribution in [0.5, 0.6) is 0 Å². The summed E-state index contributed by atoms with van der Waals surface area (Å²) in [6.45, 7) is 5.33. The fourth-order valence-corrected chi connectivity index (χ4v) is 2.92. The van der Waals surface area contributed by atoms with E-state index in [0.717, 1.165) is 18.5 Å². The van der Waals surface area contributed by atoms with Crippen molar-refractivity contribution in [3.8, 4) is 12.3 Å². The van der Waals surface area contributed by atoms with Crippen LogP contribution in [0, 0.1) is 12.3 Å². The molecular weight excluding hydrogens is 250 g/mol. The lowest BCUT2D eigenvalue weighted by molar-refractivity contribution is -0.163. The minimum absolute atomic E-state index is 0.0800. The van der Waals surface area contributed by atoms with Crippen LogP contribution in [0.25, 0.3) is 0 Å². The van der Waals surface area contributed by atoms with E-state index in [1.807, 2.05) is 37.3 Å². The summed E-state index contributed by atoms with van der Waals surface area (Å²) in [4.78, 5) is 14.1. The molecule has 106 valence electrons. The van der Waals surface area contributed by atoms with Gasteiger partial charge >= 0.3 is 5.97 Å². The first kappa shape index (κ1) is 14.6. The molecule has 0 bridgehead atoms. The van der Waals surface area contributed by atoms with E-state index in [1.165, 1.54) is 0 Å². The Labute approximate surface area is 120 Å². The smallest absolute Gasteiger partial charge is 0.306 e. The molecule has 2 atom stereocenters. The van der Waals surface area contributed by atoms with Gasteiger partial charge < -0.3 is 4.74 Å². The zero-order chi connectivity index (χ0) is 14.6. The third-order valence-electron chi connectivity index (χ3n) is 4.13. The maximum absolute atomic E-state index is 11.9. The number of likely N-dealkylation sites (tertiary alicyclic amines) is 1. The van der Waals surface area contributed by atoms with Crippen LogP contribution in [-0.2, 0) is 15.1 Å². The van der Waals surface area contributed by atoms with Crippen molar-refractivity contribution >= 4 is 5.97 Å². The van der Waals surface area contributed by atoms with E-state index < -0.39 is 5.60 Å². The van der Waals surface area contributed by atoms with Crippen molar-refractivity contribution < 1.29 is 9.53 Å². The molecule has 3 heteroatoms. The first-order valence-corrected chi connectivity index (χ1v) is 7.09. The van der Waals surface area contributed by atoms with Gasteiger partial charge in [0, 0.05) is 19.4 Å². The molecule has 1 fully saturated rings. The summed E-state index contributed by atoms with van der Waals surface area (Å²) < 4.78 is 5.87. The average Bonchev–Trinajstić information content (AvgIpc) is 2.79. The number of terminal acetylenes is 1. The van der Waals surface area contributed by atoms with Crippen LogP contribution in [0.4, 0.5) is 0 Å². The Morgan fingerprint density at radius 1 is 1.50 bits per heavy atom. The summed E-state index contributed by atoms with van der Waals surface area (Å²) in [5.74, 6) is 2.52. The van der Waals surface area contributed by atoms with E-state index >= 15 is 0 Å². The summed E-state index contributed by atoms with van der Waals surface area (Å²) in [5.41, 5.74) is 0.472. The van der Waals surface area contributed by atoms with Gasteiger partial charge in [-0.1, -0.05) is 43.2 Å². The van der Waals surface area contributed by atoms with Gasteiger partial charge in [-0.15, -0.1) is 6.42 Å². The van der Waals surface area contributed by atoms with Gasteiger partial charge in [-0.3, -0.25) is 9.69 Å². The number of hydrogen-bond donors (Lipinski definition) is 0. The Balaban J connectivity index is 2.36. The Kier molecular flexibility index (Phi) is 4.46. The molecule has 0 radical (unpaired) electrons. The van der Waals surface area contributed by atoms with E-state index in [2.05, 4.69) is 17.7 Å². The van der Waals surface area contributed by atoms with Crippen molar-refractivity contribution in [1.29, 1.82) is 0 Å².